The van der Waals surface area contributed by atoms with Gasteiger partial charge in [-0.05, 0) is 48.9 Å². The Morgan fingerprint density at radius 2 is 1.73 bits per heavy atom. The molecule has 0 N–H and O–H groups in total. The van der Waals surface area contributed by atoms with Gasteiger partial charge in [0.05, 0.1) is 31.8 Å². The number of ether oxygens (including phenoxy) is 3. The maximum absolute atomic E-state index is 13.6. The molecule has 3 unspecified atom stereocenters. The molecule has 2 aliphatic heterocycles. The quantitative estimate of drug-likeness (QED) is 0.663. The van der Waals surface area contributed by atoms with E-state index in [4.69, 9.17) is 14.2 Å². The predicted octanol–water partition coefficient (Wildman–Crippen LogP) is 4.24. The highest BCUT2D eigenvalue weighted by Crippen LogP contribution is 2.46. The molecule has 0 saturated heterocycles. The number of ketones is 1. The van der Waals surface area contributed by atoms with Crippen LogP contribution < -0.4 is 9.47 Å². The van der Waals surface area contributed by atoms with Crippen molar-refractivity contribution in [2.24, 2.45) is 5.92 Å². The van der Waals surface area contributed by atoms with Gasteiger partial charge in [0.2, 0.25) is 0 Å². The molecular formula is C27H29NO5. The van der Waals surface area contributed by atoms with E-state index in [0.717, 1.165) is 36.8 Å². The summed E-state index contributed by atoms with van der Waals surface area (Å²) in [6.45, 7) is 0.465. The van der Waals surface area contributed by atoms with Crippen molar-refractivity contribution in [2.75, 3.05) is 20.8 Å². The first-order valence-electron chi connectivity index (χ1n) is 11.6. The van der Waals surface area contributed by atoms with Crippen molar-refractivity contribution in [3.8, 4) is 11.5 Å². The molecule has 2 aromatic carbocycles. The SMILES string of the molecule is COc1ccc(CCN2C(=O)C3=C(C(=O)C4CCCCC4O3)C2c2ccccc2)cc1OC. The second-order valence-corrected chi connectivity index (χ2v) is 8.91. The molecule has 2 heterocycles. The lowest BCUT2D eigenvalue weighted by Gasteiger charge is -2.35. The number of Topliss-reactive ketones (excluding diaryl/α,β-unsaturated/α-hetero) is 1. The molecule has 5 rings (SSSR count). The topological polar surface area (TPSA) is 65.1 Å². The summed E-state index contributed by atoms with van der Waals surface area (Å²) in [5, 5.41) is 0. The average molecular weight is 448 g/mol. The number of carbonyl (C=O) groups is 2. The fraction of sp³-hybridized carbons (Fsp3) is 0.407. The van der Waals surface area contributed by atoms with E-state index in [0.29, 0.717) is 30.0 Å². The van der Waals surface area contributed by atoms with E-state index in [9.17, 15) is 9.59 Å². The van der Waals surface area contributed by atoms with Crippen LogP contribution in [-0.4, -0.2) is 43.5 Å². The largest absolute Gasteiger partial charge is 0.493 e. The number of amides is 1. The lowest BCUT2D eigenvalue weighted by molar-refractivity contribution is -0.135. The molecule has 0 aromatic heterocycles. The molecule has 1 fully saturated rings. The van der Waals surface area contributed by atoms with Crippen LogP contribution in [0, 0.1) is 5.92 Å². The molecule has 33 heavy (non-hydrogen) atoms. The molecule has 1 amide bonds. The molecule has 0 spiro atoms. The van der Waals surface area contributed by atoms with E-state index >= 15 is 0 Å². The molecule has 1 saturated carbocycles. The summed E-state index contributed by atoms with van der Waals surface area (Å²) in [7, 11) is 3.22. The van der Waals surface area contributed by atoms with Crippen LogP contribution in [0.1, 0.15) is 42.9 Å². The van der Waals surface area contributed by atoms with Gasteiger partial charge in [0.1, 0.15) is 6.10 Å². The van der Waals surface area contributed by atoms with Crippen molar-refractivity contribution in [2.45, 2.75) is 44.2 Å². The molecule has 6 nitrogen and oxygen atoms in total. The Morgan fingerprint density at radius 3 is 2.48 bits per heavy atom. The number of benzene rings is 2. The Bertz CT molecular complexity index is 1090. The van der Waals surface area contributed by atoms with Crippen LogP contribution in [0.5, 0.6) is 11.5 Å². The second kappa shape index (κ2) is 8.93. The fourth-order valence-electron chi connectivity index (χ4n) is 5.39. The summed E-state index contributed by atoms with van der Waals surface area (Å²) in [6.07, 6.45) is 4.19. The molecule has 172 valence electrons. The van der Waals surface area contributed by atoms with Gasteiger partial charge >= 0.3 is 0 Å². The summed E-state index contributed by atoms with van der Waals surface area (Å²) in [5.74, 6) is 1.36. The normalized spacial score (nSPS) is 24.3. The van der Waals surface area contributed by atoms with Gasteiger partial charge in [0.25, 0.3) is 5.91 Å². The number of hydrogen-bond donors (Lipinski definition) is 0. The van der Waals surface area contributed by atoms with E-state index < -0.39 is 6.04 Å². The number of hydrogen-bond acceptors (Lipinski definition) is 5. The molecule has 1 aliphatic carbocycles. The zero-order valence-electron chi connectivity index (χ0n) is 19.1. The van der Waals surface area contributed by atoms with E-state index in [-0.39, 0.29) is 29.5 Å². The number of rotatable bonds is 6. The van der Waals surface area contributed by atoms with E-state index in [1.54, 1.807) is 19.1 Å². The van der Waals surface area contributed by atoms with Crippen LogP contribution in [0.2, 0.25) is 0 Å². The third-order valence-corrected chi connectivity index (χ3v) is 7.06. The molecule has 3 atom stereocenters. The van der Waals surface area contributed by atoms with Crippen molar-refractivity contribution >= 4 is 11.7 Å². The maximum atomic E-state index is 13.6. The maximum Gasteiger partial charge on any atom is 0.290 e. The highest BCUT2D eigenvalue weighted by Gasteiger charge is 2.51. The highest BCUT2D eigenvalue weighted by atomic mass is 16.5. The zero-order valence-corrected chi connectivity index (χ0v) is 19.1. The van der Waals surface area contributed by atoms with Gasteiger partial charge in [-0.25, -0.2) is 0 Å². The summed E-state index contributed by atoms with van der Waals surface area (Å²) in [6, 6.07) is 15.2. The summed E-state index contributed by atoms with van der Waals surface area (Å²) in [4.78, 5) is 28.9. The average Bonchev–Trinajstić information content (AvgIpc) is 3.14. The van der Waals surface area contributed by atoms with Crippen molar-refractivity contribution < 1.29 is 23.8 Å². The molecule has 3 aliphatic rings. The monoisotopic (exact) mass is 447 g/mol. The van der Waals surface area contributed by atoms with Gasteiger partial charge < -0.3 is 19.1 Å². The van der Waals surface area contributed by atoms with Crippen LogP contribution in [0.15, 0.2) is 59.9 Å². The highest BCUT2D eigenvalue weighted by molar-refractivity contribution is 6.11. The van der Waals surface area contributed by atoms with Crippen LogP contribution in [0.4, 0.5) is 0 Å². The summed E-state index contributed by atoms with van der Waals surface area (Å²) >= 11 is 0. The van der Waals surface area contributed by atoms with Crippen molar-refractivity contribution in [1.29, 1.82) is 0 Å². The lowest BCUT2D eigenvalue weighted by atomic mass is 9.77. The minimum absolute atomic E-state index is 0.0942. The Hall–Kier alpha value is -3.28. The number of nitrogens with zero attached hydrogens (tertiary/aromatic N) is 1. The van der Waals surface area contributed by atoms with Gasteiger partial charge in [-0.1, -0.05) is 42.8 Å². The number of carbonyl (C=O) groups excluding carboxylic acids is 2. The molecule has 6 heteroatoms. The smallest absolute Gasteiger partial charge is 0.290 e. The van der Waals surface area contributed by atoms with Gasteiger partial charge in [-0.15, -0.1) is 0 Å². The number of fused-ring (bicyclic) bond motifs is 1. The van der Waals surface area contributed by atoms with Crippen LogP contribution in [0.25, 0.3) is 0 Å². The van der Waals surface area contributed by atoms with Gasteiger partial charge in [0.15, 0.2) is 23.0 Å². The van der Waals surface area contributed by atoms with Crippen LogP contribution in [0.3, 0.4) is 0 Å². The minimum atomic E-state index is -0.413. The zero-order chi connectivity index (χ0) is 22.9. The van der Waals surface area contributed by atoms with E-state index in [1.165, 1.54) is 0 Å². The van der Waals surface area contributed by atoms with Gasteiger partial charge in [-0.2, -0.15) is 0 Å². The van der Waals surface area contributed by atoms with Crippen molar-refractivity contribution in [3.63, 3.8) is 0 Å². The first-order chi connectivity index (χ1) is 16.1. The fourth-order valence-corrected chi connectivity index (χ4v) is 5.39. The Labute approximate surface area is 194 Å². The second-order valence-electron chi connectivity index (χ2n) is 8.91. The lowest BCUT2D eigenvalue weighted by Crippen LogP contribution is -2.39. The van der Waals surface area contributed by atoms with E-state index in [1.807, 2.05) is 48.5 Å². The molecular weight excluding hydrogens is 418 g/mol. The van der Waals surface area contributed by atoms with Crippen molar-refractivity contribution in [1.82, 2.24) is 4.90 Å². The third-order valence-electron chi connectivity index (χ3n) is 7.06. The molecule has 0 bridgehead atoms. The van der Waals surface area contributed by atoms with Crippen molar-refractivity contribution in [3.05, 3.63) is 71.0 Å². The first-order valence-corrected chi connectivity index (χ1v) is 11.6. The molecule has 2 aromatic rings. The van der Waals surface area contributed by atoms with Crippen LogP contribution >= 0.6 is 0 Å². The van der Waals surface area contributed by atoms with Gasteiger partial charge in [0, 0.05) is 6.54 Å². The number of methoxy groups -OCH3 is 2. The molecule has 0 radical (unpaired) electrons. The Morgan fingerprint density at radius 1 is 0.970 bits per heavy atom. The first kappa shape index (κ1) is 21.6. The minimum Gasteiger partial charge on any atom is -0.493 e. The summed E-state index contributed by atoms with van der Waals surface area (Å²) in [5.41, 5.74) is 2.51. The predicted molar refractivity (Wildman–Crippen MR) is 123 cm³/mol. The Balaban J connectivity index is 1.46. The standard InChI is InChI=1S/C27H29NO5/c1-31-21-13-12-17(16-22(21)32-2)14-15-28-24(18-8-4-3-5-9-18)23-25(29)19-10-6-7-11-20(19)33-26(23)27(28)30/h3-5,8-9,12-13,16,19-20,24H,6-7,10-11,14-15H2,1-2H3. The van der Waals surface area contributed by atoms with E-state index in [2.05, 4.69) is 0 Å². The summed E-state index contributed by atoms with van der Waals surface area (Å²) < 4.78 is 17.0. The van der Waals surface area contributed by atoms with Crippen LogP contribution in [-0.2, 0) is 20.7 Å². The third kappa shape index (κ3) is 3.77. The van der Waals surface area contributed by atoms with Gasteiger partial charge in [-0.3, -0.25) is 9.59 Å². The Kier molecular flexibility index (Phi) is 5.83.